The van der Waals surface area contributed by atoms with Gasteiger partial charge >= 0.3 is 30.6 Å². The molecule has 0 atom stereocenters. The van der Waals surface area contributed by atoms with Gasteiger partial charge in [0.15, 0.2) is 0 Å². The molecule has 0 spiro atoms. The van der Waals surface area contributed by atoms with Crippen LogP contribution in [0.15, 0.2) is 140 Å². The van der Waals surface area contributed by atoms with Crippen molar-refractivity contribution in [1.29, 1.82) is 0 Å². The van der Waals surface area contributed by atoms with E-state index in [0.717, 1.165) is 12.0 Å². The summed E-state index contributed by atoms with van der Waals surface area (Å²) >= 11 is 0. The molecule has 0 saturated carbocycles. The quantitative estimate of drug-likeness (QED) is 0.155. The summed E-state index contributed by atoms with van der Waals surface area (Å²) in [6.07, 6.45) is 11.5. The van der Waals surface area contributed by atoms with E-state index in [0.29, 0.717) is 6.04 Å². The summed E-state index contributed by atoms with van der Waals surface area (Å²) in [6, 6.07) is 38.3. The van der Waals surface area contributed by atoms with Crippen molar-refractivity contribution in [3.05, 3.63) is 173 Å². The average molecular weight is 640 g/mol. The van der Waals surface area contributed by atoms with Crippen LogP contribution in [0, 0.1) is 0 Å². The van der Waals surface area contributed by atoms with Crippen molar-refractivity contribution in [2.24, 2.45) is 0 Å². The van der Waals surface area contributed by atoms with Gasteiger partial charge in [-0.2, -0.15) is 0 Å². The van der Waals surface area contributed by atoms with E-state index in [4.69, 9.17) is 0 Å². The number of hydrogen-bond donors (Lipinski definition) is 0. The summed E-state index contributed by atoms with van der Waals surface area (Å²) in [5, 5.41) is 0. The summed E-state index contributed by atoms with van der Waals surface area (Å²) in [7, 11) is 0.124. The van der Waals surface area contributed by atoms with Gasteiger partial charge in [0.2, 0.25) is 0 Å². The van der Waals surface area contributed by atoms with Gasteiger partial charge in [-0.3, -0.25) is 0 Å². The minimum absolute atomic E-state index is 0. The van der Waals surface area contributed by atoms with Gasteiger partial charge in [-0.1, -0.05) is 152 Å². The molecule has 0 fully saturated rings. The molecule has 0 bridgehead atoms. The molecule has 4 aromatic rings. The third-order valence-corrected chi connectivity index (χ3v) is 10.4. The van der Waals surface area contributed by atoms with E-state index >= 15 is 0 Å². The zero-order chi connectivity index (χ0) is 31.1. The van der Waals surface area contributed by atoms with Gasteiger partial charge in [0.25, 0.3) is 0 Å². The zero-order valence-corrected chi connectivity index (χ0v) is 29.3. The van der Waals surface area contributed by atoms with E-state index in [2.05, 4.69) is 131 Å². The molecule has 0 saturated heterocycles. The van der Waals surface area contributed by atoms with E-state index in [-0.39, 0.29) is 27.3 Å². The number of allylic oxidation sites excluding steroid dienone is 6. The monoisotopic (exact) mass is 639 g/mol. The SMILES string of the molecule is C(C=Cc1ccccc1)=Cc1ccccc1.C=C1c2ccccc2C2=C(CC(C[Si](=O)N(C)C(C)(C)C)=C2)c2ccccc21.[Ti+2]. The standard InChI is InChI=1S/C25H27NOSi.C16H14.Ti/c1-17-19-10-6-8-12-21(19)23-14-18(16-28(27)26(5)25(2,3)4)15-24(23)22-13-9-7-11-20(17)22;1-3-9-15(10-4-1)13-7-8-14-16-11-5-2-6-12-16;/h6-14H,1,15-16H2,2-5H3;1-14H;/q;;+2. The molecule has 0 aromatic heterocycles. The third kappa shape index (κ3) is 8.43. The first-order valence-electron chi connectivity index (χ1n) is 15.2. The first kappa shape index (κ1) is 34.0. The number of nitrogens with zero attached hydrogens (tertiary/aromatic N) is 1. The molecule has 2 aliphatic rings. The Labute approximate surface area is 285 Å². The van der Waals surface area contributed by atoms with E-state index in [1.165, 1.54) is 50.1 Å². The smallest absolute Gasteiger partial charge is 0.375 e. The number of fused-ring (bicyclic) bond motifs is 4. The van der Waals surface area contributed by atoms with Crippen LogP contribution in [-0.4, -0.2) is 26.0 Å². The Morgan fingerprint density at radius 2 is 1.16 bits per heavy atom. The average Bonchev–Trinajstić information content (AvgIpc) is 3.43. The summed E-state index contributed by atoms with van der Waals surface area (Å²) < 4.78 is 15.0. The molecule has 0 N–H and O–H groups in total. The van der Waals surface area contributed by atoms with Crippen LogP contribution in [0.4, 0.5) is 0 Å². The van der Waals surface area contributed by atoms with Gasteiger partial charge in [0.1, 0.15) is 0 Å². The predicted molar refractivity (Wildman–Crippen MR) is 190 cm³/mol. The molecule has 6 rings (SSSR count). The predicted octanol–water partition coefficient (Wildman–Crippen LogP) is 10.4. The summed E-state index contributed by atoms with van der Waals surface area (Å²) in [4.78, 5) is 0. The molecular formula is C41H41NOSiTi+2. The number of hydrogen-bond acceptors (Lipinski definition) is 1. The molecule has 4 heteroatoms. The fourth-order valence-corrected chi connectivity index (χ4v) is 7.14. The molecule has 2 aliphatic carbocycles. The van der Waals surface area contributed by atoms with Gasteiger partial charge < -0.3 is 9.03 Å². The van der Waals surface area contributed by atoms with Crippen LogP contribution in [0.1, 0.15) is 60.6 Å². The molecule has 4 aromatic carbocycles. The van der Waals surface area contributed by atoms with Crippen molar-refractivity contribution in [3.63, 3.8) is 0 Å². The minimum atomic E-state index is -1.85. The molecule has 0 unspecified atom stereocenters. The van der Waals surface area contributed by atoms with Crippen molar-refractivity contribution >= 4 is 37.7 Å². The van der Waals surface area contributed by atoms with Gasteiger partial charge in [0, 0.05) is 18.6 Å². The second-order valence-electron chi connectivity index (χ2n) is 12.3. The Balaban J connectivity index is 0.000000231. The normalized spacial score (nSPS) is 13.6. The van der Waals surface area contributed by atoms with E-state index in [9.17, 15) is 4.46 Å². The van der Waals surface area contributed by atoms with Crippen LogP contribution in [0.25, 0.3) is 28.9 Å². The second kappa shape index (κ2) is 15.4. The number of rotatable bonds is 6. The molecule has 222 valence electrons. The number of benzene rings is 4. The first-order valence-corrected chi connectivity index (χ1v) is 16.8. The summed E-state index contributed by atoms with van der Waals surface area (Å²) in [6.45, 7) is 10.7. The van der Waals surface area contributed by atoms with Crippen molar-refractivity contribution in [2.75, 3.05) is 7.05 Å². The fraction of sp³-hybridized carbons (Fsp3) is 0.171. The Morgan fingerprint density at radius 3 is 1.67 bits per heavy atom. The van der Waals surface area contributed by atoms with Crippen LogP contribution in [0.5, 0.6) is 0 Å². The summed E-state index contributed by atoms with van der Waals surface area (Å²) in [5.41, 5.74) is 12.2. The van der Waals surface area contributed by atoms with Crippen LogP contribution >= 0.6 is 0 Å². The molecule has 45 heavy (non-hydrogen) atoms. The second-order valence-corrected chi connectivity index (χ2v) is 14.1. The largest absolute Gasteiger partial charge is 2.00 e. The van der Waals surface area contributed by atoms with Crippen molar-refractivity contribution in [3.8, 4) is 0 Å². The van der Waals surface area contributed by atoms with Crippen LogP contribution < -0.4 is 0 Å². The van der Waals surface area contributed by atoms with Gasteiger partial charge in [-0.05, 0) is 77.3 Å². The molecule has 2 nitrogen and oxygen atoms in total. The minimum Gasteiger partial charge on any atom is -0.375 e. The Hall–Kier alpha value is -3.89. The van der Waals surface area contributed by atoms with Crippen molar-refractivity contribution in [1.82, 2.24) is 4.57 Å². The van der Waals surface area contributed by atoms with Crippen LogP contribution in [0.3, 0.4) is 0 Å². The topological polar surface area (TPSA) is 20.3 Å². The third-order valence-electron chi connectivity index (χ3n) is 8.24. The van der Waals surface area contributed by atoms with Gasteiger partial charge in [-0.15, -0.1) is 0 Å². The van der Waals surface area contributed by atoms with E-state index < -0.39 is 8.84 Å². The molecule has 0 amide bonds. The van der Waals surface area contributed by atoms with Gasteiger partial charge in [-0.25, -0.2) is 0 Å². The Bertz CT molecular complexity index is 1730. The van der Waals surface area contributed by atoms with E-state index in [1.54, 1.807) is 0 Å². The maximum absolute atomic E-state index is 13.0. The zero-order valence-electron chi connectivity index (χ0n) is 26.8. The van der Waals surface area contributed by atoms with Crippen molar-refractivity contribution < 1.29 is 26.2 Å². The molecular weight excluding hydrogens is 598 g/mol. The molecule has 0 aliphatic heterocycles. The maximum Gasteiger partial charge on any atom is 2.00 e. The van der Waals surface area contributed by atoms with Crippen molar-refractivity contribution in [2.45, 2.75) is 38.8 Å². The Kier molecular flexibility index (Phi) is 11.6. The fourth-order valence-electron chi connectivity index (χ4n) is 5.54. The van der Waals surface area contributed by atoms with Crippen LogP contribution in [-0.2, 0) is 26.2 Å². The Morgan fingerprint density at radius 1 is 0.711 bits per heavy atom. The maximum atomic E-state index is 13.0. The summed E-state index contributed by atoms with van der Waals surface area (Å²) in [5.74, 6) is 0. The molecule has 0 heterocycles. The molecule has 0 radical (unpaired) electrons. The van der Waals surface area contributed by atoms with Gasteiger partial charge in [0.05, 0.1) is 0 Å². The first-order chi connectivity index (χ1) is 21.2. The van der Waals surface area contributed by atoms with E-state index in [1.807, 2.05) is 48.0 Å². The van der Waals surface area contributed by atoms with Crippen LogP contribution in [0.2, 0.25) is 6.04 Å².